The van der Waals surface area contributed by atoms with E-state index >= 15 is 0 Å². The predicted molar refractivity (Wildman–Crippen MR) is 87.5 cm³/mol. The Morgan fingerprint density at radius 2 is 2.26 bits per heavy atom. The molecule has 1 atom stereocenters. The van der Waals surface area contributed by atoms with E-state index in [2.05, 4.69) is 35.1 Å². The van der Waals surface area contributed by atoms with Gasteiger partial charge in [0, 0.05) is 10.2 Å². The van der Waals surface area contributed by atoms with Crippen molar-refractivity contribution >= 4 is 38.5 Å². The largest absolute Gasteiger partial charge is 0.495 e. The summed E-state index contributed by atoms with van der Waals surface area (Å²) in [6.45, 7) is 4.45. The molecule has 0 saturated carbocycles. The number of hydrogen-bond donors (Lipinski definition) is 1. The second-order valence-electron chi connectivity index (χ2n) is 4.85. The standard InChI is InChI=1S/C14H19BrN2OS/c1-9(2)11-6-7-19-14(16-11)17-12-8-10(15)4-5-13(12)18-3/h4-5,8-9,11H,6-7H2,1-3H3,(H,16,17). The number of amidine groups is 1. The van der Waals surface area contributed by atoms with Crippen LogP contribution in [-0.4, -0.2) is 24.1 Å². The summed E-state index contributed by atoms with van der Waals surface area (Å²) in [7, 11) is 1.68. The minimum absolute atomic E-state index is 0.418. The molecule has 1 heterocycles. The summed E-state index contributed by atoms with van der Waals surface area (Å²) >= 11 is 5.26. The van der Waals surface area contributed by atoms with Gasteiger partial charge in [-0.15, -0.1) is 0 Å². The summed E-state index contributed by atoms with van der Waals surface area (Å²) in [4.78, 5) is 4.78. The molecule has 0 amide bonds. The molecule has 1 aliphatic heterocycles. The van der Waals surface area contributed by atoms with E-state index in [0.29, 0.717) is 12.0 Å². The molecule has 0 spiro atoms. The van der Waals surface area contributed by atoms with Crippen molar-refractivity contribution in [1.29, 1.82) is 0 Å². The molecule has 0 bridgehead atoms. The van der Waals surface area contributed by atoms with Crippen LogP contribution in [-0.2, 0) is 0 Å². The fourth-order valence-electron chi connectivity index (χ4n) is 1.97. The molecule has 0 saturated heterocycles. The molecule has 1 unspecified atom stereocenters. The van der Waals surface area contributed by atoms with E-state index in [1.165, 1.54) is 0 Å². The zero-order valence-corrected chi connectivity index (χ0v) is 13.8. The van der Waals surface area contributed by atoms with Crippen LogP contribution in [0.1, 0.15) is 20.3 Å². The van der Waals surface area contributed by atoms with Crippen molar-refractivity contribution in [3.05, 3.63) is 22.7 Å². The van der Waals surface area contributed by atoms with Gasteiger partial charge in [-0.1, -0.05) is 41.5 Å². The molecular formula is C14H19BrN2OS. The second kappa shape index (κ2) is 6.66. The first-order chi connectivity index (χ1) is 9.10. The maximum Gasteiger partial charge on any atom is 0.161 e. The summed E-state index contributed by atoms with van der Waals surface area (Å²) in [5.74, 6) is 2.53. The molecule has 1 N–H and O–H groups in total. The average Bonchev–Trinajstić information content (AvgIpc) is 2.39. The lowest BCUT2D eigenvalue weighted by molar-refractivity contribution is 0.417. The van der Waals surface area contributed by atoms with Gasteiger partial charge in [0.1, 0.15) is 5.75 Å². The van der Waals surface area contributed by atoms with E-state index in [1.807, 2.05) is 18.2 Å². The van der Waals surface area contributed by atoms with Crippen molar-refractivity contribution in [3.8, 4) is 5.75 Å². The fourth-order valence-corrected chi connectivity index (χ4v) is 3.28. The third-order valence-corrected chi connectivity index (χ3v) is 4.52. The highest BCUT2D eigenvalue weighted by atomic mass is 79.9. The van der Waals surface area contributed by atoms with Crippen LogP contribution in [0.15, 0.2) is 27.7 Å². The Labute approximate surface area is 127 Å². The van der Waals surface area contributed by atoms with Gasteiger partial charge in [0.15, 0.2) is 5.17 Å². The third-order valence-electron chi connectivity index (χ3n) is 3.11. The molecule has 1 aliphatic rings. The van der Waals surface area contributed by atoms with Crippen LogP contribution in [0.2, 0.25) is 0 Å². The third kappa shape index (κ3) is 3.89. The van der Waals surface area contributed by atoms with Crippen molar-refractivity contribution < 1.29 is 4.74 Å². The molecule has 1 aromatic carbocycles. The number of halogens is 1. The molecule has 0 fully saturated rings. The Hall–Kier alpha value is -0.680. The molecule has 1 aromatic rings. The van der Waals surface area contributed by atoms with E-state index in [4.69, 9.17) is 9.73 Å². The average molecular weight is 343 g/mol. The van der Waals surface area contributed by atoms with Crippen LogP contribution in [0.4, 0.5) is 5.69 Å². The number of nitrogens with one attached hydrogen (secondary N) is 1. The van der Waals surface area contributed by atoms with E-state index in [9.17, 15) is 0 Å². The topological polar surface area (TPSA) is 33.6 Å². The van der Waals surface area contributed by atoms with Crippen molar-refractivity contribution in [2.75, 3.05) is 18.2 Å². The first-order valence-corrected chi connectivity index (χ1v) is 8.19. The van der Waals surface area contributed by atoms with Gasteiger partial charge in [-0.25, -0.2) is 0 Å². The van der Waals surface area contributed by atoms with E-state index < -0.39 is 0 Å². The molecule has 19 heavy (non-hydrogen) atoms. The Balaban J connectivity index is 2.18. The quantitative estimate of drug-likeness (QED) is 0.884. The molecule has 5 heteroatoms. The molecule has 104 valence electrons. The number of aliphatic imine (C=N–C) groups is 1. The molecule has 0 aromatic heterocycles. The number of methoxy groups -OCH3 is 1. The minimum atomic E-state index is 0.418. The van der Waals surface area contributed by atoms with Gasteiger partial charge in [0.25, 0.3) is 0 Å². The Morgan fingerprint density at radius 1 is 1.47 bits per heavy atom. The number of anilines is 1. The minimum Gasteiger partial charge on any atom is -0.495 e. The zero-order valence-electron chi connectivity index (χ0n) is 11.4. The van der Waals surface area contributed by atoms with Crippen LogP contribution in [0, 0.1) is 5.92 Å². The van der Waals surface area contributed by atoms with Crippen molar-refractivity contribution in [3.63, 3.8) is 0 Å². The number of benzene rings is 1. The summed E-state index contributed by atoms with van der Waals surface area (Å²) in [5, 5.41) is 4.37. The summed E-state index contributed by atoms with van der Waals surface area (Å²) in [6.07, 6.45) is 1.16. The normalized spacial score (nSPS) is 19.2. The monoisotopic (exact) mass is 342 g/mol. The molecule has 0 radical (unpaired) electrons. The Kier molecular flexibility index (Phi) is 5.16. The van der Waals surface area contributed by atoms with Crippen molar-refractivity contribution in [2.24, 2.45) is 10.9 Å². The van der Waals surface area contributed by atoms with Crippen LogP contribution in [0.25, 0.3) is 0 Å². The van der Waals surface area contributed by atoms with E-state index in [1.54, 1.807) is 18.9 Å². The first-order valence-electron chi connectivity index (χ1n) is 6.41. The molecule has 3 nitrogen and oxygen atoms in total. The fraction of sp³-hybridized carbons (Fsp3) is 0.500. The van der Waals surface area contributed by atoms with Crippen LogP contribution >= 0.6 is 27.7 Å². The Morgan fingerprint density at radius 3 is 2.95 bits per heavy atom. The number of ether oxygens (including phenoxy) is 1. The summed E-state index contributed by atoms with van der Waals surface area (Å²) < 4.78 is 6.39. The highest BCUT2D eigenvalue weighted by Crippen LogP contribution is 2.30. The number of nitrogens with zero attached hydrogens (tertiary/aromatic N) is 1. The Bertz CT molecular complexity index is 477. The van der Waals surface area contributed by atoms with E-state index in [-0.39, 0.29) is 0 Å². The lowest BCUT2D eigenvalue weighted by Crippen LogP contribution is -2.24. The SMILES string of the molecule is COc1ccc(Br)cc1NC1=NC(C(C)C)CCS1. The summed E-state index contributed by atoms with van der Waals surface area (Å²) in [5.41, 5.74) is 0.951. The molecule has 0 aliphatic carbocycles. The zero-order chi connectivity index (χ0) is 13.8. The molecular weight excluding hydrogens is 324 g/mol. The van der Waals surface area contributed by atoms with Crippen molar-refractivity contribution in [2.45, 2.75) is 26.3 Å². The second-order valence-corrected chi connectivity index (χ2v) is 6.85. The maximum atomic E-state index is 5.37. The van der Waals surface area contributed by atoms with Gasteiger partial charge in [-0.3, -0.25) is 4.99 Å². The van der Waals surface area contributed by atoms with Crippen LogP contribution in [0.5, 0.6) is 5.75 Å². The van der Waals surface area contributed by atoms with E-state index in [0.717, 1.165) is 33.3 Å². The van der Waals surface area contributed by atoms with Gasteiger partial charge >= 0.3 is 0 Å². The summed E-state index contributed by atoms with van der Waals surface area (Å²) in [6, 6.07) is 6.35. The van der Waals surface area contributed by atoms with Crippen LogP contribution in [0.3, 0.4) is 0 Å². The maximum absolute atomic E-state index is 5.37. The smallest absolute Gasteiger partial charge is 0.161 e. The lowest BCUT2D eigenvalue weighted by Gasteiger charge is -2.23. The lowest BCUT2D eigenvalue weighted by atomic mass is 10.0. The van der Waals surface area contributed by atoms with Crippen molar-refractivity contribution in [1.82, 2.24) is 0 Å². The first kappa shape index (κ1) is 14.7. The van der Waals surface area contributed by atoms with Gasteiger partial charge in [0.2, 0.25) is 0 Å². The predicted octanol–water partition coefficient (Wildman–Crippen LogP) is 4.39. The van der Waals surface area contributed by atoms with Gasteiger partial charge in [0.05, 0.1) is 18.8 Å². The van der Waals surface area contributed by atoms with Gasteiger partial charge in [-0.2, -0.15) is 0 Å². The molecule has 2 rings (SSSR count). The number of rotatable bonds is 3. The van der Waals surface area contributed by atoms with Crippen LogP contribution < -0.4 is 10.1 Å². The number of thioether (sulfide) groups is 1. The van der Waals surface area contributed by atoms with Gasteiger partial charge in [-0.05, 0) is 30.5 Å². The highest BCUT2D eigenvalue weighted by Gasteiger charge is 2.19. The van der Waals surface area contributed by atoms with Gasteiger partial charge < -0.3 is 10.1 Å². The highest BCUT2D eigenvalue weighted by molar-refractivity contribution is 9.10. The number of hydrogen-bond acceptors (Lipinski definition) is 4.